The summed E-state index contributed by atoms with van der Waals surface area (Å²) < 4.78 is 4.67. The molecule has 6 nitrogen and oxygen atoms in total. The molecule has 1 aromatic heterocycles. The van der Waals surface area contributed by atoms with Crippen molar-refractivity contribution in [1.82, 2.24) is 0 Å². The Hall–Kier alpha value is -1.89. The Labute approximate surface area is 114 Å². The van der Waals surface area contributed by atoms with Gasteiger partial charge in [0.05, 0.1) is 19.1 Å². The minimum absolute atomic E-state index is 0.133. The van der Waals surface area contributed by atoms with Crippen LogP contribution in [0.25, 0.3) is 0 Å². The lowest BCUT2D eigenvalue weighted by Gasteiger charge is -2.05. The monoisotopic (exact) mass is 285 g/mol. The van der Waals surface area contributed by atoms with E-state index in [1.165, 1.54) is 18.4 Å². The Morgan fingerprint density at radius 2 is 1.89 bits per heavy atom. The van der Waals surface area contributed by atoms with E-state index < -0.39 is 17.8 Å². The maximum absolute atomic E-state index is 11.7. The number of thiophene rings is 1. The predicted octanol–water partition coefficient (Wildman–Crippen LogP) is 1.95. The molecule has 0 aromatic carbocycles. The van der Waals surface area contributed by atoms with Gasteiger partial charge in [-0.2, -0.15) is 0 Å². The molecule has 1 rings (SSSR count). The van der Waals surface area contributed by atoms with Gasteiger partial charge < -0.3 is 15.2 Å². The van der Waals surface area contributed by atoms with Crippen LogP contribution in [0.1, 0.15) is 33.6 Å². The van der Waals surface area contributed by atoms with Crippen molar-refractivity contribution < 1.29 is 24.2 Å². The smallest absolute Gasteiger partial charge is 0.341 e. The van der Waals surface area contributed by atoms with Gasteiger partial charge in [-0.05, 0) is 19.4 Å². The van der Waals surface area contributed by atoms with Gasteiger partial charge in [0.2, 0.25) is 5.91 Å². The normalized spacial score (nSPS) is 10.1. The molecular formula is C12H15NO5S. The van der Waals surface area contributed by atoms with Crippen molar-refractivity contribution in [3.8, 4) is 0 Å². The molecule has 1 amide bonds. The Morgan fingerprint density at radius 3 is 2.42 bits per heavy atom. The van der Waals surface area contributed by atoms with E-state index in [-0.39, 0.29) is 12.8 Å². The van der Waals surface area contributed by atoms with Gasteiger partial charge in [0.15, 0.2) is 0 Å². The number of esters is 1. The number of methoxy groups -OCH3 is 1. The predicted molar refractivity (Wildman–Crippen MR) is 70.6 cm³/mol. The van der Waals surface area contributed by atoms with E-state index in [0.29, 0.717) is 10.6 Å². The molecule has 0 saturated carbocycles. The van der Waals surface area contributed by atoms with Gasteiger partial charge in [0.1, 0.15) is 5.00 Å². The molecule has 1 heterocycles. The molecule has 0 atom stereocenters. The first-order chi connectivity index (χ1) is 8.86. The molecule has 7 heteroatoms. The van der Waals surface area contributed by atoms with Gasteiger partial charge in [-0.3, -0.25) is 9.59 Å². The van der Waals surface area contributed by atoms with Crippen LogP contribution in [0, 0.1) is 13.8 Å². The first kappa shape index (κ1) is 15.2. The summed E-state index contributed by atoms with van der Waals surface area (Å²) in [6, 6.07) is 0. The van der Waals surface area contributed by atoms with Crippen molar-refractivity contribution in [2.24, 2.45) is 0 Å². The fraction of sp³-hybridized carbons (Fsp3) is 0.417. The summed E-state index contributed by atoms with van der Waals surface area (Å²) in [6.45, 7) is 3.60. The number of aliphatic carboxylic acids is 1. The van der Waals surface area contributed by atoms with Crippen LogP contribution in [0.15, 0.2) is 0 Å². The third-order valence-corrected chi connectivity index (χ3v) is 3.72. The second kappa shape index (κ2) is 6.33. The van der Waals surface area contributed by atoms with E-state index in [1.54, 1.807) is 6.92 Å². The fourth-order valence-corrected chi connectivity index (χ4v) is 2.54. The number of ether oxygens (including phenoxy) is 1. The minimum Gasteiger partial charge on any atom is -0.481 e. The molecule has 19 heavy (non-hydrogen) atoms. The molecule has 0 aliphatic rings. The summed E-state index contributed by atoms with van der Waals surface area (Å²) in [5.74, 6) is -1.99. The standard InChI is InChI=1S/C12H15NO5S/c1-6-7(2)19-11(10(6)12(17)18-3)13-8(14)4-5-9(15)16/h4-5H2,1-3H3,(H,13,14)(H,15,16). The number of anilines is 1. The number of amides is 1. The molecule has 0 bridgehead atoms. The number of aryl methyl sites for hydroxylation is 1. The fourth-order valence-electron chi connectivity index (χ4n) is 1.47. The SMILES string of the molecule is COC(=O)c1c(NC(=O)CCC(=O)O)sc(C)c1C. The maximum Gasteiger partial charge on any atom is 0.341 e. The largest absolute Gasteiger partial charge is 0.481 e. The molecule has 1 aromatic rings. The summed E-state index contributed by atoms with van der Waals surface area (Å²) in [4.78, 5) is 34.5. The average Bonchev–Trinajstić information content (AvgIpc) is 2.61. The van der Waals surface area contributed by atoms with E-state index in [2.05, 4.69) is 10.1 Å². The summed E-state index contributed by atoms with van der Waals surface area (Å²) in [5, 5.41) is 11.5. The lowest BCUT2D eigenvalue weighted by molar-refractivity contribution is -0.138. The van der Waals surface area contributed by atoms with Crippen molar-refractivity contribution in [2.75, 3.05) is 12.4 Å². The summed E-state index contributed by atoms with van der Waals surface area (Å²) in [6.07, 6.45) is -0.380. The molecule has 104 valence electrons. The zero-order valence-electron chi connectivity index (χ0n) is 10.9. The number of hydrogen-bond acceptors (Lipinski definition) is 5. The quantitative estimate of drug-likeness (QED) is 0.807. The second-order valence-electron chi connectivity index (χ2n) is 3.92. The van der Waals surface area contributed by atoms with E-state index in [9.17, 15) is 14.4 Å². The highest BCUT2D eigenvalue weighted by Gasteiger charge is 2.21. The zero-order chi connectivity index (χ0) is 14.6. The molecule has 0 fully saturated rings. The van der Waals surface area contributed by atoms with Crippen molar-refractivity contribution in [1.29, 1.82) is 0 Å². The molecule has 0 aliphatic heterocycles. The Kier molecular flexibility index (Phi) is 5.05. The van der Waals surface area contributed by atoms with Crippen LogP contribution in [0.4, 0.5) is 5.00 Å². The average molecular weight is 285 g/mol. The minimum atomic E-state index is -1.04. The van der Waals surface area contributed by atoms with Gasteiger partial charge in [0, 0.05) is 11.3 Å². The highest BCUT2D eigenvalue weighted by molar-refractivity contribution is 7.16. The van der Waals surface area contributed by atoms with Crippen molar-refractivity contribution in [3.05, 3.63) is 16.0 Å². The number of carbonyl (C=O) groups excluding carboxylic acids is 2. The van der Waals surface area contributed by atoms with Crippen LogP contribution in [0.2, 0.25) is 0 Å². The van der Waals surface area contributed by atoms with Gasteiger partial charge in [-0.15, -0.1) is 11.3 Å². The van der Waals surface area contributed by atoms with E-state index in [4.69, 9.17) is 5.11 Å². The highest BCUT2D eigenvalue weighted by Crippen LogP contribution is 2.33. The second-order valence-corrected chi connectivity index (χ2v) is 5.15. The van der Waals surface area contributed by atoms with Gasteiger partial charge in [-0.25, -0.2) is 4.79 Å². The van der Waals surface area contributed by atoms with Gasteiger partial charge >= 0.3 is 11.9 Å². The first-order valence-electron chi connectivity index (χ1n) is 5.56. The Morgan fingerprint density at radius 1 is 1.26 bits per heavy atom. The zero-order valence-corrected chi connectivity index (χ0v) is 11.7. The maximum atomic E-state index is 11.7. The van der Waals surface area contributed by atoms with Crippen LogP contribution in [-0.4, -0.2) is 30.1 Å². The topological polar surface area (TPSA) is 92.7 Å². The molecule has 0 unspecified atom stereocenters. The molecule has 0 radical (unpaired) electrons. The van der Waals surface area contributed by atoms with E-state index in [0.717, 1.165) is 10.4 Å². The summed E-state index contributed by atoms with van der Waals surface area (Å²) >= 11 is 1.27. The number of hydrogen-bond donors (Lipinski definition) is 2. The molecule has 0 aliphatic carbocycles. The van der Waals surface area contributed by atoms with Crippen molar-refractivity contribution >= 4 is 34.2 Å². The highest BCUT2D eigenvalue weighted by atomic mass is 32.1. The molecule has 0 spiro atoms. The van der Waals surface area contributed by atoms with Crippen molar-refractivity contribution in [3.63, 3.8) is 0 Å². The van der Waals surface area contributed by atoms with Crippen LogP contribution in [-0.2, 0) is 14.3 Å². The van der Waals surface area contributed by atoms with Crippen LogP contribution < -0.4 is 5.32 Å². The van der Waals surface area contributed by atoms with E-state index in [1.807, 2.05) is 6.92 Å². The van der Waals surface area contributed by atoms with Crippen molar-refractivity contribution in [2.45, 2.75) is 26.7 Å². The van der Waals surface area contributed by atoms with Crippen LogP contribution >= 0.6 is 11.3 Å². The first-order valence-corrected chi connectivity index (χ1v) is 6.38. The van der Waals surface area contributed by atoms with Crippen LogP contribution in [0.5, 0.6) is 0 Å². The Balaban J connectivity index is 2.89. The number of carboxylic acid groups (broad SMARTS) is 1. The third kappa shape index (κ3) is 3.78. The number of carboxylic acids is 1. The lowest BCUT2D eigenvalue weighted by Crippen LogP contribution is -2.15. The molecule has 0 saturated heterocycles. The van der Waals surface area contributed by atoms with Crippen LogP contribution in [0.3, 0.4) is 0 Å². The summed E-state index contributed by atoms with van der Waals surface area (Å²) in [7, 11) is 1.27. The van der Waals surface area contributed by atoms with Gasteiger partial charge in [0.25, 0.3) is 0 Å². The number of carbonyl (C=O) groups is 3. The number of rotatable bonds is 5. The van der Waals surface area contributed by atoms with Gasteiger partial charge in [-0.1, -0.05) is 0 Å². The summed E-state index contributed by atoms with van der Waals surface area (Å²) in [5.41, 5.74) is 1.08. The third-order valence-electron chi connectivity index (χ3n) is 2.59. The number of nitrogens with one attached hydrogen (secondary N) is 1. The molecule has 2 N–H and O–H groups in total. The molecular weight excluding hydrogens is 270 g/mol. The Bertz CT molecular complexity index is 520. The lowest BCUT2D eigenvalue weighted by atomic mass is 10.1. The van der Waals surface area contributed by atoms with E-state index >= 15 is 0 Å².